The summed E-state index contributed by atoms with van der Waals surface area (Å²) in [5, 5.41) is 10.8. The predicted octanol–water partition coefficient (Wildman–Crippen LogP) is 3.46. The van der Waals surface area contributed by atoms with Crippen LogP contribution in [0.5, 0.6) is 11.5 Å². The number of methoxy groups -OCH3 is 1. The van der Waals surface area contributed by atoms with Crippen LogP contribution in [0.2, 0.25) is 0 Å². The van der Waals surface area contributed by atoms with E-state index in [2.05, 4.69) is 0 Å². The number of carbonyl (C=O) groups excluding carboxylic acids is 1. The van der Waals surface area contributed by atoms with Gasteiger partial charge < -0.3 is 14.2 Å². The number of nitrogens with zero attached hydrogens (tertiary/aromatic N) is 1. The molecule has 25 heavy (non-hydrogen) atoms. The molecule has 0 unspecified atom stereocenters. The Kier molecular flexibility index (Phi) is 5.94. The zero-order valence-corrected chi connectivity index (χ0v) is 14.3. The third-order valence-electron chi connectivity index (χ3n) is 3.39. The van der Waals surface area contributed by atoms with Crippen molar-refractivity contribution in [2.45, 2.75) is 13.8 Å². The standard InChI is InChI=1S/C18H19NO6/c1-12-8-13(2)10-15(9-12)24-6-7-25-18(20)16-11-14(19(21)22)4-5-17(16)23-3/h4-5,8-11H,6-7H2,1-3H3. The highest BCUT2D eigenvalue weighted by molar-refractivity contribution is 5.93. The molecule has 0 radical (unpaired) electrons. The number of carbonyl (C=O) groups is 1. The van der Waals surface area contributed by atoms with Crippen LogP contribution >= 0.6 is 0 Å². The van der Waals surface area contributed by atoms with Crippen molar-refractivity contribution in [1.82, 2.24) is 0 Å². The quantitative estimate of drug-likeness (QED) is 0.330. The molecule has 0 aliphatic heterocycles. The van der Waals surface area contributed by atoms with E-state index >= 15 is 0 Å². The van der Waals surface area contributed by atoms with Gasteiger partial charge in [-0.3, -0.25) is 10.1 Å². The molecule has 0 bridgehead atoms. The molecule has 0 aromatic heterocycles. The van der Waals surface area contributed by atoms with Gasteiger partial charge in [0, 0.05) is 12.1 Å². The maximum Gasteiger partial charge on any atom is 0.342 e. The maximum atomic E-state index is 12.1. The summed E-state index contributed by atoms with van der Waals surface area (Å²) in [6, 6.07) is 9.56. The number of ether oxygens (including phenoxy) is 3. The molecule has 2 aromatic carbocycles. The van der Waals surface area contributed by atoms with Crippen molar-refractivity contribution < 1.29 is 23.9 Å². The van der Waals surface area contributed by atoms with Gasteiger partial charge in [0.05, 0.1) is 12.0 Å². The van der Waals surface area contributed by atoms with Crippen LogP contribution in [0.1, 0.15) is 21.5 Å². The molecule has 2 rings (SSSR count). The second-order valence-electron chi connectivity index (χ2n) is 5.45. The average Bonchev–Trinajstić information content (AvgIpc) is 2.57. The number of rotatable bonds is 7. The third-order valence-corrected chi connectivity index (χ3v) is 3.39. The number of hydrogen-bond donors (Lipinski definition) is 0. The van der Waals surface area contributed by atoms with E-state index in [1.54, 1.807) is 0 Å². The average molecular weight is 345 g/mol. The van der Waals surface area contributed by atoms with E-state index < -0.39 is 10.9 Å². The Hall–Kier alpha value is -3.09. The molecule has 0 saturated carbocycles. The molecule has 0 N–H and O–H groups in total. The largest absolute Gasteiger partial charge is 0.496 e. The summed E-state index contributed by atoms with van der Waals surface area (Å²) in [6.45, 7) is 4.12. The van der Waals surface area contributed by atoms with Crippen molar-refractivity contribution in [2.75, 3.05) is 20.3 Å². The first-order valence-electron chi connectivity index (χ1n) is 7.61. The summed E-state index contributed by atoms with van der Waals surface area (Å²) in [7, 11) is 1.38. The van der Waals surface area contributed by atoms with Crippen LogP contribution in [0.15, 0.2) is 36.4 Å². The Balaban J connectivity index is 1.96. The Morgan fingerprint density at radius 1 is 1.08 bits per heavy atom. The molecule has 0 atom stereocenters. The molecule has 2 aromatic rings. The lowest BCUT2D eigenvalue weighted by atomic mass is 10.1. The lowest BCUT2D eigenvalue weighted by Gasteiger charge is -2.10. The Morgan fingerprint density at radius 2 is 1.76 bits per heavy atom. The lowest BCUT2D eigenvalue weighted by molar-refractivity contribution is -0.384. The molecule has 7 heteroatoms. The minimum absolute atomic E-state index is 0.00287. The van der Waals surface area contributed by atoms with Crippen LogP contribution in [0.3, 0.4) is 0 Å². The predicted molar refractivity (Wildman–Crippen MR) is 91.3 cm³/mol. The first-order chi connectivity index (χ1) is 11.9. The zero-order chi connectivity index (χ0) is 18.4. The van der Waals surface area contributed by atoms with Crippen LogP contribution in [-0.4, -0.2) is 31.2 Å². The maximum absolute atomic E-state index is 12.1. The first kappa shape index (κ1) is 18.3. The monoisotopic (exact) mass is 345 g/mol. The number of aryl methyl sites for hydroxylation is 2. The van der Waals surface area contributed by atoms with E-state index in [9.17, 15) is 14.9 Å². The van der Waals surface area contributed by atoms with Crippen molar-refractivity contribution in [3.63, 3.8) is 0 Å². The topological polar surface area (TPSA) is 87.9 Å². The Labute approximate surface area is 145 Å². The van der Waals surface area contributed by atoms with Crippen molar-refractivity contribution in [1.29, 1.82) is 0 Å². The van der Waals surface area contributed by atoms with Crippen LogP contribution < -0.4 is 9.47 Å². The highest BCUT2D eigenvalue weighted by Crippen LogP contribution is 2.24. The van der Waals surface area contributed by atoms with Crippen LogP contribution in [-0.2, 0) is 4.74 Å². The van der Waals surface area contributed by atoms with Crippen LogP contribution in [0.4, 0.5) is 5.69 Å². The van der Waals surface area contributed by atoms with Gasteiger partial charge in [-0.25, -0.2) is 4.79 Å². The van der Waals surface area contributed by atoms with Gasteiger partial charge in [0.2, 0.25) is 0 Å². The minimum atomic E-state index is -0.704. The van der Waals surface area contributed by atoms with E-state index in [1.165, 1.54) is 19.2 Å². The molecule has 0 spiro atoms. The Bertz CT molecular complexity index is 767. The number of hydrogen-bond acceptors (Lipinski definition) is 6. The van der Waals surface area contributed by atoms with E-state index in [4.69, 9.17) is 14.2 Å². The Morgan fingerprint density at radius 3 is 2.36 bits per heavy atom. The van der Waals surface area contributed by atoms with Gasteiger partial charge in [0.1, 0.15) is 30.3 Å². The van der Waals surface area contributed by atoms with E-state index in [-0.39, 0.29) is 30.2 Å². The van der Waals surface area contributed by atoms with Crippen molar-refractivity contribution in [3.05, 3.63) is 63.2 Å². The second-order valence-corrected chi connectivity index (χ2v) is 5.45. The van der Waals surface area contributed by atoms with Gasteiger partial charge in [-0.1, -0.05) is 6.07 Å². The minimum Gasteiger partial charge on any atom is -0.496 e. The van der Waals surface area contributed by atoms with Gasteiger partial charge in [0.25, 0.3) is 5.69 Å². The summed E-state index contributed by atoms with van der Waals surface area (Å²) >= 11 is 0. The fourth-order valence-corrected chi connectivity index (χ4v) is 2.36. The molecule has 0 aliphatic carbocycles. The second kappa shape index (κ2) is 8.14. The number of nitro groups is 1. The van der Waals surface area contributed by atoms with Crippen molar-refractivity contribution in [2.24, 2.45) is 0 Å². The molecular weight excluding hydrogens is 326 g/mol. The lowest BCUT2D eigenvalue weighted by Crippen LogP contribution is -2.13. The number of benzene rings is 2. The fraction of sp³-hybridized carbons (Fsp3) is 0.278. The first-order valence-corrected chi connectivity index (χ1v) is 7.61. The van der Waals surface area contributed by atoms with Gasteiger partial charge in [-0.05, 0) is 43.2 Å². The summed E-state index contributed by atoms with van der Waals surface area (Å²) in [5.74, 6) is 0.205. The van der Waals surface area contributed by atoms with Crippen molar-refractivity contribution >= 4 is 11.7 Å². The highest BCUT2D eigenvalue weighted by Gasteiger charge is 2.18. The highest BCUT2D eigenvalue weighted by atomic mass is 16.6. The van der Waals surface area contributed by atoms with Gasteiger partial charge in [-0.2, -0.15) is 0 Å². The van der Waals surface area contributed by atoms with E-state index in [0.29, 0.717) is 5.75 Å². The number of esters is 1. The third kappa shape index (κ3) is 4.94. The molecular formula is C18H19NO6. The molecule has 132 valence electrons. The molecule has 0 amide bonds. The van der Waals surface area contributed by atoms with Gasteiger partial charge >= 0.3 is 5.97 Å². The summed E-state index contributed by atoms with van der Waals surface area (Å²) < 4.78 is 15.7. The zero-order valence-electron chi connectivity index (χ0n) is 14.3. The normalized spacial score (nSPS) is 10.2. The fourth-order valence-electron chi connectivity index (χ4n) is 2.36. The molecule has 0 fully saturated rings. The SMILES string of the molecule is COc1ccc([N+](=O)[O-])cc1C(=O)OCCOc1cc(C)cc(C)c1. The molecule has 0 saturated heterocycles. The summed E-state index contributed by atoms with van der Waals surface area (Å²) in [4.78, 5) is 22.4. The molecule has 7 nitrogen and oxygen atoms in total. The van der Waals surface area contributed by atoms with Gasteiger partial charge in [-0.15, -0.1) is 0 Å². The summed E-state index contributed by atoms with van der Waals surface area (Å²) in [5.41, 5.74) is 1.95. The number of nitro benzene ring substituents is 1. The van der Waals surface area contributed by atoms with Crippen LogP contribution in [0, 0.1) is 24.0 Å². The molecule has 0 aliphatic rings. The van der Waals surface area contributed by atoms with Crippen LogP contribution in [0.25, 0.3) is 0 Å². The van der Waals surface area contributed by atoms with Gasteiger partial charge in [0.15, 0.2) is 0 Å². The van der Waals surface area contributed by atoms with E-state index in [0.717, 1.165) is 17.2 Å². The number of non-ortho nitro benzene ring substituents is 1. The molecule has 0 heterocycles. The van der Waals surface area contributed by atoms with E-state index in [1.807, 2.05) is 32.0 Å². The van der Waals surface area contributed by atoms with Crippen molar-refractivity contribution in [3.8, 4) is 11.5 Å². The smallest absolute Gasteiger partial charge is 0.342 e. The summed E-state index contributed by atoms with van der Waals surface area (Å²) in [6.07, 6.45) is 0.